The van der Waals surface area contributed by atoms with Gasteiger partial charge >= 0.3 is 0 Å². The van der Waals surface area contributed by atoms with Crippen LogP contribution in [0.1, 0.15) is 10.4 Å². The van der Waals surface area contributed by atoms with E-state index in [0.29, 0.717) is 10.2 Å². The zero-order valence-corrected chi connectivity index (χ0v) is 10.7. The number of hydrogen-bond acceptors (Lipinski definition) is 2. The summed E-state index contributed by atoms with van der Waals surface area (Å²) in [6.45, 7) is 0. The highest BCUT2D eigenvalue weighted by Crippen LogP contribution is 2.19. The lowest BCUT2D eigenvalue weighted by atomic mass is 10.2. The number of hydrogen-bond donors (Lipinski definition) is 2. The molecule has 0 bridgehead atoms. The zero-order valence-electron chi connectivity index (χ0n) is 9.15. The summed E-state index contributed by atoms with van der Waals surface area (Å²) < 4.78 is 14.1. The third-order valence-corrected chi connectivity index (χ3v) is 2.77. The lowest BCUT2D eigenvalue weighted by molar-refractivity contribution is 0.102. The molecule has 0 spiro atoms. The van der Waals surface area contributed by atoms with Crippen LogP contribution in [0.3, 0.4) is 0 Å². The van der Waals surface area contributed by atoms with E-state index in [9.17, 15) is 14.3 Å². The second-order valence-electron chi connectivity index (χ2n) is 3.63. The number of carbonyl (C=O) groups excluding carboxylic acids is 1. The van der Waals surface area contributed by atoms with E-state index >= 15 is 0 Å². The number of aromatic hydroxyl groups is 1. The minimum absolute atomic E-state index is 0.0316. The summed E-state index contributed by atoms with van der Waals surface area (Å²) >= 11 is 3.12. The van der Waals surface area contributed by atoms with Gasteiger partial charge in [-0.05, 0) is 30.3 Å². The molecule has 0 aliphatic rings. The van der Waals surface area contributed by atoms with Gasteiger partial charge in [0.25, 0.3) is 5.91 Å². The normalized spacial score (nSPS) is 10.1. The van der Waals surface area contributed by atoms with Crippen molar-refractivity contribution in [3.63, 3.8) is 0 Å². The quantitative estimate of drug-likeness (QED) is 0.891. The number of benzene rings is 2. The van der Waals surface area contributed by atoms with Crippen LogP contribution in [0.15, 0.2) is 46.9 Å². The van der Waals surface area contributed by atoms with Crippen LogP contribution in [0.2, 0.25) is 0 Å². The SMILES string of the molecule is O=C(Nc1cccc(O)c1)c1ccc(Br)cc1F. The van der Waals surface area contributed by atoms with Crippen molar-refractivity contribution in [1.29, 1.82) is 0 Å². The average Bonchev–Trinajstić information content (AvgIpc) is 2.28. The number of nitrogens with one attached hydrogen (secondary N) is 1. The van der Waals surface area contributed by atoms with Crippen LogP contribution in [-0.4, -0.2) is 11.0 Å². The second-order valence-corrected chi connectivity index (χ2v) is 4.54. The van der Waals surface area contributed by atoms with E-state index in [2.05, 4.69) is 21.2 Å². The molecule has 5 heteroatoms. The van der Waals surface area contributed by atoms with Gasteiger partial charge < -0.3 is 10.4 Å². The molecule has 0 saturated carbocycles. The van der Waals surface area contributed by atoms with Crippen LogP contribution in [-0.2, 0) is 0 Å². The topological polar surface area (TPSA) is 49.3 Å². The van der Waals surface area contributed by atoms with E-state index < -0.39 is 11.7 Å². The van der Waals surface area contributed by atoms with Gasteiger partial charge in [-0.2, -0.15) is 0 Å². The highest BCUT2D eigenvalue weighted by molar-refractivity contribution is 9.10. The van der Waals surface area contributed by atoms with E-state index in [1.54, 1.807) is 18.2 Å². The third kappa shape index (κ3) is 2.87. The standard InChI is InChI=1S/C13H9BrFNO2/c14-8-4-5-11(12(15)6-8)13(18)16-9-2-1-3-10(17)7-9/h1-7,17H,(H,16,18). The first-order valence-electron chi connectivity index (χ1n) is 5.12. The lowest BCUT2D eigenvalue weighted by Crippen LogP contribution is -2.13. The molecule has 3 nitrogen and oxygen atoms in total. The van der Waals surface area contributed by atoms with Gasteiger partial charge in [0.2, 0.25) is 0 Å². The maximum Gasteiger partial charge on any atom is 0.258 e. The Morgan fingerprint density at radius 3 is 2.67 bits per heavy atom. The average molecular weight is 310 g/mol. The van der Waals surface area contributed by atoms with Gasteiger partial charge in [0.15, 0.2) is 0 Å². The van der Waals surface area contributed by atoms with Crippen LogP contribution < -0.4 is 5.32 Å². The highest BCUT2D eigenvalue weighted by atomic mass is 79.9. The Kier molecular flexibility index (Phi) is 3.62. The molecule has 0 saturated heterocycles. The summed E-state index contributed by atoms with van der Waals surface area (Å²) in [6, 6.07) is 10.2. The van der Waals surface area contributed by atoms with Gasteiger partial charge in [0.05, 0.1) is 5.56 Å². The summed E-state index contributed by atoms with van der Waals surface area (Å²) in [7, 11) is 0. The molecule has 2 aromatic carbocycles. The number of phenolic OH excluding ortho intramolecular Hbond substituents is 1. The first-order chi connectivity index (χ1) is 8.56. The van der Waals surface area contributed by atoms with Gasteiger partial charge in [-0.1, -0.05) is 22.0 Å². The molecule has 0 radical (unpaired) electrons. The van der Waals surface area contributed by atoms with Crippen molar-refractivity contribution in [3.8, 4) is 5.75 Å². The predicted molar refractivity (Wildman–Crippen MR) is 70.2 cm³/mol. The minimum Gasteiger partial charge on any atom is -0.508 e. The molecular formula is C13H9BrFNO2. The number of phenols is 1. The Morgan fingerprint density at radius 1 is 1.22 bits per heavy atom. The van der Waals surface area contributed by atoms with E-state index in [0.717, 1.165) is 0 Å². The molecule has 0 heterocycles. The molecule has 18 heavy (non-hydrogen) atoms. The van der Waals surface area contributed by atoms with E-state index in [1.807, 2.05) is 0 Å². The summed E-state index contributed by atoms with van der Waals surface area (Å²) in [4.78, 5) is 11.8. The molecule has 2 N–H and O–H groups in total. The number of halogens is 2. The van der Waals surface area contributed by atoms with Crippen molar-refractivity contribution in [2.45, 2.75) is 0 Å². The molecule has 1 amide bonds. The Labute approximate surface area is 111 Å². The molecule has 0 unspecified atom stereocenters. The molecule has 0 atom stereocenters. The van der Waals surface area contributed by atoms with Crippen LogP contribution in [0, 0.1) is 5.82 Å². The number of rotatable bonds is 2. The number of carbonyl (C=O) groups is 1. The van der Waals surface area contributed by atoms with Gasteiger partial charge in [-0.3, -0.25) is 4.79 Å². The maximum absolute atomic E-state index is 13.5. The Morgan fingerprint density at radius 2 is 2.00 bits per heavy atom. The van der Waals surface area contributed by atoms with E-state index in [1.165, 1.54) is 24.3 Å². The van der Waals surface area contributed by atoms with Crippen LogP contribution in [0.25, 0.3) is 0 Å². The zero-order chi connectivity index (χ0) is 13.1. The van der Waals surface area contributed by atoms with Gasteiger partial charge in [0.1, 0.15) is 11.6 Å². The summed E-state index contributed by atoms with van der Waals surface area (Å²) in [5.41, 5.74) is 0.351. The summed E-state index contributed by atoms with van der Waals surface area (Å²) in [5.74, 6) is -1.14. The highest BCUT2D eigenvalue weighted by Gasteiger charge is 2.12. The fraction of sp³-hybridized carbons (Fsp3) is 0. The molecule has 2 aromatic rings. The van der Waals surface area contributed by atoms with E-state index in [-0.39, 0.29) is 11.3 Å². The number of amides is 1. The third-order valence-electron chi connectivity index (χ3n) is 2.28. The molecule has 0 aromatic heterocycles. The van der Waals surface area contributed by atoms with Gasteiger partial charge in [0, 0.05) is 16.2 Å². The Bertz CT molecular complexity index is 601. The Hall–Kier alpha value is -1.88. The minimum atomic E-state index is -0.609. The van der Waals surface area contributed by atoms with Crippen molar-refractivity contribution in [3.05, 3.63) is 58.3 Å². The van der Waals surface area contributed by atoms with Crippen molar-refractivity contribution in [2.75, 3.05) is 5.32 Å². The molecule has 0 aliphatic carbocycles. The summed E-state index contributed by atoms with van der Waals surface area (Å²) in [6.07, 6.45) is 0. The number of anilines is 1. The van der Waals surface area contributed by atoms with Gasteiger partial charge in [-0.25, -0.2) is 4.39 Å². The first-order valence-corrected chi connectivity index (χ1v) is 5.91. The lowest BCUT2D eigenvalue weighted by Gasteiger charge is -2.06. The van der Waals surface area contributed by atoms with E-state index in [4.69, 9.17) is 0 Å². The molecule has 0 aliphatic heterocycles. The van der Waals surface area contributed by atoms with Crippen molar-refractivity contribution >= 4 is 27.5 Å². The maximum atomic E-state index is 13.5. The largest absolute Gasteiger partial charge is 0.508 e. The van der Waals surface area contributed by atoms with Gasteiger partial charge in [-0.15, -0.1) is 0 Å². The first kappa shape index (κ1) is 12.6. The fourth-order valence-corrected chi connectivity index (χ4v) is 1.79. The smallest absolute Gasteiger partial charge is 0.258 e. The Balaban J connectivity index is 2.22. The monoisotopic (exact) mass is 309 g/mol. The molecule has 2 rings (SSSR count). The fourth-order valence-electron chi connectivity index (χ4n) is 1.46. The second kappa shape index (κ2) is 5.18. The summed E-state index contributed by atoms with van der Waals surface area (Å²) in [5, 5.41) is 11.8. The molecular weight excluding hydrogens is 301 g/mol. The molecule has 92 valence electrons. The van der Waals surface area contributed by atoms with Crippen molar-refractivity contribution in [2.24, 2.45) is 0 Å². The van der Waals surface area contributed by atoms with Crippen LogP contribution >= 0.6 is 15.9 Å². The van der Waals surface area contributed by atoms with Crippen LogP contribution in [0.4, 0.5) is 10.1 Å². The predicted octanol–water partition coefficient (Wildman–Crippen LogP) is 3.55. The van der Waals surface area contributed by atoms with Crippen molar-refractivity contribution < 1.29 is 14.3 Å². The van der Waals surface area contributed by atoms with Crippen LogP contribution in [0.5, 0.6) is 5.75 Å². The van der Waals surface area contributed by atoms with Crippen molar-refractivity contribution in [1.82, 2.24) is 0 Å². The molecule has 0 fully saturated rings.